The first-order chi connectivity index (χ1) is 18.7. The maximum atomic E-state index is 13.8. The summed E-state index contributed by atoms with van der Waals surface area (Å²) in [6.45, 7) is 1.03. The van der Waals surface area contributed by atoms with Crippen LogP contribution in [0.1, 0.15) is 60.7 Å². The maximum absolute atomic E-state index is 13.8. The van der Waals surface area contributed by atoms with E-state index in [4.69, 9.17) is 0 Å². The topological polar surface area (TPSA) is 86.8 Å². The Bertz CT molecular complexity index is 1520. The van der Waals surface area contributed by atoms with Gasteiger partial charge in [0.15, 0.2) is 11.6 Å². The fourth-order valence-corrected chi connectivity index (χ4v) is 6.06. The van der Waals surface area contributed by atoms with Crippen molar-refractivity contribution in [1.82, 2.24) is 10.2 Å². The number of likely N-dealkylation sites (tertiary alicyclic amines) is 1. The van der Waals surface area contributed by atoms with Gasteiger partial charge < -0.3 is 10.2 Å². The largest absolute Gasteiger partial charge is 0.349 e. The van der Waals surface area contributed by atoms with Gasteiger partial charge in [-0.2, -0.15) is 0 Å². The normalized spacial score (nSPS) is 19.3. The predicted octanol–water partition coefficient (Wildman–Crippen LogP) is 4.95. The summed E-state index contributed by atoms with van der Waals surface area (Å²) in [4.78, 5) is 54.1. The zero-order valence-corrected chi connectivity index (χ0v) is 22.1. The highest BCUT2D eigenvalue weighted by Crippen LogP contribution is 2.54. The maximum Gasteiger partial charge on any atom is 0.266 e. The molecule has 1 saturated heterocycles. The van der Waals surface area contributed by atoms with E-state index in [2.05, 4.69) is 21.2 Å². The molecule has 3 aliphatic rings. The lowest BCUT2D eigenvalue weighted by atomic mass is 9.92. The number of anilines is 1. The minimum Gasteiger partial charge on any atom is -0.349 e. The number of benzene rings is 3. The number of nitrogens with one attached hydrogen (secondary N) is 1. The smallest absolute Gasteiger partial charge is 0.266 e. The average Bonchev–Trinajstić information content (AvgIpc) is 3.53. The molecule has 4 amide bonds. The molecule has 2 fully saturated rings. The second kappa shape index (κ2) is 9.37. The third kappa shape index (κ3) is 4.23. The van der Waals surface area contributed by atoms with E-state index in [1.165, 1.54) is 6.07 Å². The van der Waals surface area contributed by atoms with Gasteiger partial charge in [-0.1, -0.05) is 12.1 Å². The number of carbonyl (C=O) groups excluding carboxylic acids is 4. The zero-order chi connectivity index (χ0) is 27.5. The summed E-state index contributed by atoms with van der Waals surface area (Å²) in [5, 5.41) is 2.92. The number of halogens is 3. The predicted molar refractivity (Wildman–Crippen MR) is 142 cm³/mol. The van der Waals surface area contributed by atoms with Crippen LogP contribution in [0.25, 0.3) is 0 Å². The molecule has 1 aliphatic carbocycles. The third-order valence-electron chi connectivity index (χ3n) is 7.99. The monoisotopic (exact) mass is 593 g/mol. The first kappa shape index (κ1) is 25.4. The van der Waals surface area contributed by atoms with Crippen LogP contribution in [0.15, 0.2) is 65.1 Å². The van der Waals surface area contributed by atoms with Crippen LogP contribution in [0.4, 0.5) is 14.5 Å². The van der Waals surface area contributed by atoms with Gasteiger partial charge in [0, 0.05) is 24.7 Å². The van der Waals surface area contributed by atoms with Crippen LogP contribution >= 0.6 is 15.9 Å². The van der Waals surface area contributed by atoms with Gasteiger partial charge in [0.1, 0.15) is 0 Å². The number of imide groups is 1. The molecule has 1 N–H and O–H groups in total. The molecule has 2 heterocycles. The van der Waals surface area contributed by atoms with Crippen molar-refractivity contribution in [3.63, 3.8) is 0 Å². The SMILES string of the molecule is O=C(NC1CC12CCN(C(=O)c1ccc(N3C(=O)c4ccccc4C3=O)cc1)CC2)c1ccc(F)c(F)c1Br. The van der Waals surface area contributed by atoms with Gasteiger partial charge in [-0.3, -0.25) is 19.2 Å². The summed E-state index contributed by atoms with van der Waals surface area (Å²) in [7, 11) is 0. The van der Waals surface area contributed by atoms with E-state index >= 15 is 0 Å². The molecular formula is C29H22BrF2N3O4. The van der Waals surface area contributed by atoms with Crippen molar-refractivity contribution in [2.45, 2.75) is 25.3 Å². The number of nitrogens with zero attached hydrogens (tertiary/aromatic N) is 2. The van der Waals surface area contributed by atoms with Gasteiger partial charge in [-0.05, 0) is 89.1 Å². The standard InChI is InChI=1S/C29H22BrF2N3O4/c30-23-20(9-10-21(31)24(23)32)25(36)33-22-15-29(22)11-13-34(14-12-29)26(37)16-5-7-17(8-6-16)35-27(38)18-3-1-2-4-19(18)28(35)39/h1-10,22H,11-15H2,(H,33,36). The number of fused-ring (bicyclic) bond motifs is 1. The van der Waals surface area contributed by atoms with Gasteiger partial charge in [0.05, 0.1) is 26.9 Å². The Morgan fingerprint density at radius 1 is 0.897 bits per heavy atom. The van der Waals surface area contributed by atoms with Crippen molar-refractivity contribution >= 4 is 45.2 Å². The van der Waals surface area contributed by atoms with Crippen molar-refractivity contribution < 1.29 is 28.0 Å². The van der Waals surface area contributed by atoms with Crippen LogP contribution in [0.5, 0.6) is 0 Å². The Kier molecular flexibility index (Phi) is 6.10. The van der Waals surface area contributed by atoms with Gasteiger partial charge in [0.2, 0.25) is 0 Å². The molecule has 0 radical (unpaired) electrons. The number of rotatable bonds is 4. The molecule has 1 spiro atoms. The Morgan fingerprint density at radius 3 is 2.13 bits per heavy atom. The van der Waals surface area contributed by atoms with Crippen LogP contribution < -0.4 is 10.2 Å². The molecule has 0 aromatic heterocycles. The Labute approximate surface area is 230 Å². The molecule has 6 rings (SSSR count). The van der Waals surface area contributed by atoms with Crippen LogP contribution in [0, 0.1) is 17.0 Å². The van der Waals surface area contributed by atoms with Gasteiger partial charge in [-0.15, -0.1) is 0 Å². The van der Waals surface area contributed by atoms with Crippen molar-refractivity contribution in [2.75, 3.05) is 18.0 Å². The Hall–Kier alpha value is -3.92. The highest BCUT2D eigenvalue weighted by atomic mass is 79.9. The fraction of sp³-hybridized carbons (Fsp3) is 0.241. The summed E-state index contributed by atoms with van der Waals surface area (Å²) >= 11 is 2.96. The number of carbonyl (C=O) groups is 4. The second-order valence-electron chi connectivity index (χ2n) is 10.1. The average molecular weight is 594 g/mol. The van der Waals surface area contributed by atoms with E-state index in [0.29, 0.717) is 48.3 Å². The highest BCUT2D eigenvalue weighted by Gasteiger charge is 2.56. The van der Waals surface area contributed by atoms with Gasteiger partial charge >= 0.3 is 0 Å². The number of piperidine rings is 1. The van der Waals surface area contributed by atoms with Crippen LogP contribution in [-0.2, 0) is 0 Å². The van der Waals surface area contributed by atoms with Crippen molar-refractivity contribution in [1.29, 1.82) is 0 Å². The van der Waals surface area contributed by atoms with Crippen molar-refractivity contribution in [3.05, 3.63) is 99.0 Å². The molecule has 3 aromatic carbocycles. The van der Waals surface area contributed by atoms with Crippen LogP contribution in [0.3, 0.4) is 0 Å². The quantitative estimate of drug-likeness (QED) is 0.342. The highest BCUT2D eigenvalue weighted by molar-refractivity contribution is 9.10. The first-order valence-corrected chi connectivity index (χ1v) is 13.3. The lowest BCUT2D eigenvalue weighted by molar-refractivity contribution is 0.0667. The summed E-state index contributed by atoms with van der Waals surface area (Å²) in [5.74, 6) is -3.53. The minimum absolute atomic E-state index is 0.0354. The summed E-state index contributed by atoms with van der Waals surface area (Å²) in [5.41, 5.74) is 1.49. The summed E-state index contributed by atoms with van der Waals surface area (Å²) in [6.07, 6.45) is 2.17. The van der Waals surface area contributed by atoms with E-state index in [1.54, 1.807) is 53.4 Å². The lowest BCUT2D eigenvalue weighted by Crippen LogP contribution is -2.41. The Morgan fingerprint density at radius 2 is 1.51 bits per heavy atom. The number of amides is 4. The molecule has 10 heteroatoms. The van der Waals surface area contributed by atoms with E-state index in [1.807, 2.05) is 0 Å². The van der Waals surface area contributed by atoms with E-state index in [0.717, 1.165) is 17.4 Å². The Balaban J connectivity index is 1.06. The number of hydrogen-bond acceptors (Lipinski definition) is 4. The molecule has 1 unspecified atom stereocenters. The first-order valence-electron chi connectivity index (χ1n) is 12.5. The number of hydrogen-bond donors (Lipinski definition) is 1. The van der Waals surface area contributed by atoms with E-state index in [9.17, 15) is 28.0 Å². The molecule has 0 bridgehead atoms. The summed E-state index contributed by atoms with van der Waals surface area (Å²) in [6, 6.07) is 15.2. The lowest BCUT2D eigenvalue weighted by Gasteiger charge is -2.33. The molecule has 39 heavy (non-hydrogen) atoms. The van der Waals surface area contributed by atoms with Gasteiger partial charge in [-0.25, -0.2) is 13.7 Å². The zero-order valence-electron chi connectivity index (χ0n) is 20.5. The third-order valence-corrected chi connectivity index (χ3v) is 8.76. The minimum atomic E-state index is -1.10. The molecule has 3 aromatic rings. The second-order valence-corrected chi connectivity index (χ2v) is 10.9. The van der Waals surface area contributed by atoms with Crippen molar-refractivity contribution in [2.24, 2.45) is 5.41 Å². The fourth-order valence-electron chi connectivity index (χ4n) is 5.56. The molecular weight excluding hydrogens is 572 g/mol. The van der Waals surface area contributed by atoms with Crippen molar-refractivity contribution in [3.8, 4) is 0 Å². The van der Waals surface area contributed by atoms with Gasteiger partial charge in [0.25, 0.3) is 23.6 Å². The molecule has 7 nitrogen and oxygen atoms in total. The van der Waals surface area contributed by atoms with E-state index in [-0.39, 0.29) is 39.2 Å². The molecule has 2 aliphatic heterocycles. The molecule has 198 valence electrons. The molecule has 1 atom stereocenters. The van der Waals surface area contributed by atoms with Crippen LogP contribution in [0.2, 0.25) is 0 Å². The summed E-state index contributed by atoms with van der Waals surface area (Å²) < 4.78 is 27.0. The van der Waals surface area contributed by atoms with Crippen LogP contribution in [-0.4, -0.2) is 47.7 Å². The van der Waals surface area contributed by atoms with E-state index < -0.39 is 17.5 Å². The molecule has 1 saturated carbocycles.